The van der Waals surface area contributed by atoms with Gasteiger partial charge in [0.2, 0.25) is 0 Å². The van der Waals surface area contributed by atoms with Crippen LogP contribution in [-0.4, -0.2) is 5.33 Å². The molecule has 0 bridgehead atoms. The Bertz CT molecular complexity index is 123. The van der Waals surface area contributed by atoms with Crippen molar-refractivity contribution < 1.29 is 0 Å². The number of unbranched alkanes of at least 4 members (excludes halogenated alkanes) is 7. The maximum atomic E-state index is 3.66. The van der Waals surface area contributed by atoms with Crippen LogP contribution in [0.2, 0.25) is 0 Å². The molecule has 1 atom stereocenters. The van der Waals surface area contributed by atoms with Crippen LogP contribution in [0.3, 0.4) is 0 Å². The SMILES string of the molecule is CCCCCCCCC(CBr)CCCCC. The van der Waals surface area contributed by atoms with Gasteiger partial charge in [0.1, 0.15) is 0 Å². The van der Waals surface area contributed by atoms with E-state index >= 15 is 0 Å². The third-order valence-electron chi connectivity index (χ3n) is 3.40. The number of hydrogen-bond acceptors (Lipinski definition) is 0. The van der Waals surface area contributed by atoms with Gasteiger partial charge in [0.05, 0.1) is 0 Å². The second kappa shape index (κ2) is 13.5. The van der Waals surface area contributed by atoms with Crippen molar-refractivity contribution in [3.05, 3.63) is 0 Å². The van der Waals surface area contributed by atoms with E-state index in [-0.39, 0.29) is 0 Å². The van der Waals surface area contributed by atoms with Crippen molar-refractivity contribution in [2.45, 2.75) is 84.5 Å². The second-order valence-electron chi connectivity index (χ2n) is 5.07. The van der Waals surface area contributed by atoms with Crippen molar-refractivity contribution in [2.75, 3.05) is 5.33 Å². The van der Waals surface area contributed by atoms with E-state index < -0.39 is 0 Å². The lowest BCUT2D eigenvalue weighted by Gasteiger charge is -2.13. The molecule has 0 aromatic rings. The van der Waals surface area contributed by atoms with E-state index in [1.54, 1.807) is 0 Å². The summed E-state index contributed by atoms with van der Waals surface area (Å²) in [6.45, 7) is 4.57. The van der Waals surface area contributed by atoms with Gasteiger partial charge in [-0.2, -0.15) is 0 Å². The van der Waals surface area contributed by atoms with Crippen LogP contribution in [0.5, 0.6) is 0 Å². The Kier molecular flexibility index (Phi) is 14.0. The van der Waals surface area contributed by atoms with E-state index in [0.29, 0.717) is 0 Å². The topological polar surface area (TPSA) is 0 Å². The molecule has 16 heavy (non-hydrogen) atoms. The van der Waals surface area contributed by atoms with Gasteiger partial charge in [-0.15, -0.1) is 0 Å². The molecule has 0 aliphatic heterocycles. The van der Waals surface area contributed by atoms with Crippen molar-refractivity contribution in [3.8, 4) is 0 Å². The summed E-state index contributed by atoms with van der Waals surface area (Å²) >= 11 is 3.66. The first-order chi connectivity index (χ1) is 7.85. The summed E-state index contributed by atoms with van der Waals surface area (Å²) < 4.78 is 0. The van der Waals surface area contributed by atoms with E-state index in [0.717, 1.165) is 5.92 Å². The molecule has 0 aromatic carbocycles. The summed E-state index contributed by atoms with van der Waals surface area (Å²) in [7, 11) is 0. The van der Waals surface area contributed by atoms with Crippen LogP contribution in [0.4, 0.5) is 0 Å². The molecule has 0 saturated carbocycles. The molecule has 0 aliphatic carbocycles. The third kappa shape index (κ3) is 11.0. The van der Waals surface area contributed by atoms with Crippen LogP contribution < -0.4 is 0 Å². The summed E-state index contributed by atoms with van der Waals surface area (Å²) in [5.41, 5.74) is 0. The summed E-state index contributed by atoms with van der Waals surface area (Å²) in [5.74, 6) is 0.942. The summed E-state index contributed by atoms with van der Waals surface area (Å²) in [6, 6.07) is 0. The van der Waals surface area contributed by atoms with Crippen LogP contribution in [0.15, 0.2) is 0 Å². The Hall–Kier alpha value is 0.480. The maximum Gasteiger partial charge on any atom is 0.00596 e. The van der Waals surface area contributed by atoms with Crippen molar-refractivity contribution in [1.29, 1.82) is 0 Å². The zero-order valence-corrected chi connectivity index (χ0v) is 13.0. The third-order valence-corrected chi connectivity index (χ3v) is 4.32. The second-order valence-corrected chi connectivity index (χ2v) is 5.72. The first-order valence-electron chi connectivity index (χ1n) is 7.41. The van der Waals surface area contributed by atoms with Gasteiger partial charge in [-0.05, 0) is 18.8 Å². The Morgan fingerprint density at radius 2 is 1.12 bits per heavy atom. The maximum absolute atomic E-state index is 3.66. The van der Waals surface area contributed by atoms with Crippen molar-refractivity contribution >= 4 is 15.9 Å². The molecule has 0 aliphatic rings. The zero-order chi connectivity index (χ0) is 12.1. The number of alkyl halides is 1. The van der Waals surface area contributed by atoms with Crippen LogP contribution in [0, 0.1) is 5.92 Å². The standard InChI is InChI=1S/C15H31Br/c1-3-5-7-8-9-11-13-15(14-16)12-10-6-4-2/h15H,3-14H2,1-2H3. The molecule has 1 heteroatoms. The Balaban J connectivity index is 3.26. The highest BCUT2D eigenvalue weighted by Gasteiger charge is 2.06. The van der Waals surface area contributed by atoms with Gasteiger partial charge in [-0.25, -0.2) is 0 Å². The van der Waals surface area contributed by atoms with Crippen LogP contribution >= 0.6 is 15.9 Å². The monoisotopic (exact) mass is 290 g/mol. The molecule has 0 saturated heterocycles. The fourth-order valence-corrected chi connectivity index (χ4v) is 2.84. The fraction of sp³-hybridized carbons (Fsp3) is 1.00. The van der Waals surface area contributed by atoms with E-state index in [1.807, 2.05) is 0 Å². The highest BCUT2D eigenvalue weighted by molar-refractivity contribution is 9.09. The molecule has 1 unspecified atom stereocenters. The minimum absolute atomic E-state index is 0.942. The molecule has 0 rings (SSSR count). The van der Waals surface area contributed by atoms with Crippen molar-refractivity contribution in [2.24, 2.45) is 5.92 Å². The molecule has 0 heterocycles. The number of hydrogen-bond donors (Lipinski definition) is 0. The zero-order valence-electron chi connectivity index (χ0n) is 11.4. The first kappa shape index (κ1) is 16.5. The highest BCUT2D eigenvalue weighted by Crippen LogP contribution is 2.20. The molecular weight excluding hydrogens is 260 g/mol. The van der Waals surface area contributed by atoms with E-state index in [1.165, 1.54) is 76.0 Å². The summed E-state index contributed by atoms with van der Waals surface area (Å²) in [5, 5.41) is 1.21. The van der Waals surface area contributed by atoms with Gasteiger partial charge in [-0.1, -0.05) is 87.6 Å². The van der Waals surface area contributed by atoms with E-state index in [9.17, 15) is 0 Å². The first-order valence-corrected chi connectivity index (χ1v) is 8.53. The van der Waals surface area contributed by atoms with Crippen molar-refractivity contribution in [1.82, 2.24) is 0 Å². The largest absolute Gasteiger partial charge is 0.0925 e. The molecule has 0 aromatic heterocycles. The molecule has 0 amide bonds. The minimum Gasteiger partial charge on any atom is -0.0925 e. The van der Waals surface area contributed by atoms with Crippen LogP contribution in [0.1, 0.15) is 84.5 Å². The van der Waals surface area contributed by atoms with Gasteiger partial charge >= 0.3 is 0 Å². The Labute approximate surface area is 112 Å². The predicted molar refractivity (Wildman–Crippen MR) is 79.4 cm³/mol. The predicted octanol–water partition coefficient (Wildman–Crippen LogP) is 6.33. The van der Waals surface area contributed by atoms with E-state index in [2.05, 4.69) is 29.8 Å². The number of halogens is 1. The highest BCUT2D eigenvalue weighted by atomic mass is 79.9. The molecule has 0 radical (unpaired) electrons. The molecule has 98 valence electrons. The molecule has 0 N–H and O–H groups in total. The van der Waals surface area contributed by atoms with Gasteiger partial charge in [-0.3, -0.25) is 0 Å². The molecule has 0 nitrogen and oxygen atoms in total. The van der Waals surface area contributed by atoms with Crippen LogP contribution in [0.25, 0.3) is 0 Å². The molecule has 0 spiro atoms. The lowest BCUT2D eigenvalue weighted by atomic mass is 9.96. The van der Waals surface area contributed by atoms with Gasteiger partial charge in [0.15, 0.2) is 0 Å². The van der Waals surface area contributed by atoms with Crippen molar-refractivity contribution in [3.63, 3.8) is 0 Å². The quantitative estimate of drug-likeness (QED) is 0.291. The molecular formula is C15H31Br. The van der Waals surface area contributed by atoms with E-state index in [4.69, 9.17) is 0 Å². The number of rotatable bonds is 12. The Morgan fingerprint density at radius 3 is 1.69 bits per heavy atom. The Morgan fingerprint density at radius 1 is 0.688 bits per heavy atom. The smallest absolute Gasteiger partial charge is 0.00596 e. The summed E-state index contributed by atoms with van der Waals surface area (Å²) in [4.78, 5) is 0. The van der Waals surface area contributed by atoms with Gasteiger partial charge in [0, 0.05) is 5.33 Å². The normalized spacial score (nSPS) is 12.9. The van der Waals surface area contributed by atoms with Gasteiger partial charge < -0.3 is 0 Å². The lowest BCUT2D eigenvalue weighted by molar-refractivity contribution is 0.444. The molecule has 0 fully saturated rings. The lowest BCUT2D eigenvalue weighted by Crippen LogP contribution is -2.02. The summed E-state index contributed by atoms with van der Waals surface area (Å²) in [6.07, 6.45) is 15.7. The van der Waals surface area contributed by atoms with Crippen LogP contribution in [-0.2, 0) is 0 Å². The average molecular weight is 291 g/mol. The minimum atomic E-state index is 0.942. The van der Waals surface area contributed by atoms with Gasteiger partial charge in [0.25, 0.3) is 0 Å². The fourth-order valence-electron chi connectivity index (χ4n) is 2.19. The average Bonchev–Trinajstić information content (AvgIpc) is 2.31.